The molecule has 0 radical (unpaired) electrons. The maximum Gasteiger partial charge on any atom is 0.224 e. The van der Waals surface area contributed by atoms with E-state index >= 15 is 0 Å². The molecule has 0 fully saturated rings. The highest BCUT2D eigenvalue weighted by Crippen LogP contribution is 2.19. The number of halogens is 2. The number of aromatic nitrogens is 3. The van der Waals surface area contributed by atoms with E-state index in [9.17, 15) is 18.4 Å². The molecule has 2 amide bonds. The fourth-order valence-corrected chi connectivity index (χ4v) is 3.88. The summed E-state index contributed by atoms with van der Waals surface area (Å²) in [5, 5.41) is 20.0. The molecule has 8 nitrogen and oxygen atoms in total. The van der Waals surface area contributed by atoms with Gasteiger partial charge in [-0.3, -0.25) is 9.59 Å². The Kier molecular flexibility index (Phi) is 6.92. The number of hydrogen-bond donors (Lipinski definition) is 1. The third kappa shape index (κ3) is 5.09. The summed E-state index contributed by atoms with van der Waals surface area (Å²) in [6.45, 7) is 1.15. The molecule has 0 saturated heterocycles. The van der Waals surface area contributed by atoms with Crippen LogP contribution in [0.3, 0.4) is 0 Å². The topological polar surface area (TPSA) is 104 Å². The molecule has 3 aromatic rings. The van der Waals surface area contributed by atoms with Crippen molar-refractivity contribution in [3.05, 3.63) is 76.9 Å². The lowest BCUT2D eigenvalue weighted by molar-refractivity contribution is -0.132. The Bertz CT molecular complexity index is 1270. The van der Waals surface area contributed by atoms with Crippen LogP contribution in [0.1, 0.15) is 42.0 Å². The van der Waals surface area contributed by atoms with Gasteiger partial charge in [-0.15, -0.1) is 10.2 Å². The molecule has 2 heterocycles. The molecule has 1 N–H and O–H groups in total. The van der Waals surface area contributed by atoms with Crippen LogP contribution in [0, 0.1) is 23.0 Å². The Morgan fingerprint density at radius 3 is 2.71 bits per heavy atom. The van der Waals surface area contributed by atoms with Gasteiger partial charge in [0.15, 0.2) is 17.5 Å². The number of fused-ring (bicyclic) bond motifs is 1. The first-order chi connectivity index (χ1) is 16.5. The van der Waals surface area contributed by atoms with Crippen LogP contribution in [-0.4, -0.2) is 38.0 Å². The minimum absolute atomic E-state index is 0.0998. The average Bonchev–Trinajstić information content (AvgIpc) is 3.24. The molecule has 34 heavy (non-hydrogen) atoms. The van der Waals surface area contributed by atoms with Crippen molar-refractivity contribution in [2.24, 2.45) is 0 Å². The third-order valence-electron chi connectivity index (χ3n) is 5.68. The van der Waals surface area contributed by atoms with Gasteiger partial charge in [-0.2, -0.15) is 5.26 Å². The van der Waals surface area contributed by atoms with Gasteiger partial charge in [0.1, 0.15) is 11.9 Å². The van der Waals surface area contributed by atoms with Gasteiger partial charge in [0.25, 0.3) is 0 Å². The molecule has 10 heteroatoms. The monoisotopic (exact) mass is 464 g/mol. The van der Waals surface area contributed by atoms with Gasteiger partial charge in [-0.25, -0.2) is 8.78 Å². The van der Waals surface area contributed by atoms with E-state index in [1.807, 2.05) is 10.6 Å². The van der Waals surface area contributed by atoms with E-state index < -0.39 is 11.6 Å². The molecule has 0 bridgehead atoms. The number of nitrogens with zero attached hydrogens (tertiary/aromatic N) is 5. The summed E-state index contributed by atoms with van der Waals surface area (Å²) in [5.41, 5.74) is 1.03. The van der Waals surface area contributed by atoms with Crippen molar-refractivity contribution in [3.63, 3.8) is 0 Å². The number of hydrogen-bond acceptors (Lipinski definition) is 5. The average molecular weight is 464 g/mol. The summed E-state index contributed by atoms with van der Waals surface area (Å²) in [7, 11) is 0. The van der Waals surface area contributed by atoms with E-state index in [2.05, 4.69) is 15.5 Å². The number of amides is 2. The summed E-state index contributed by atoms with van der Waals surface area (Å²) in [6.07, 6.45) is 0.822. The fraction of sp³-hybridized carbons (Fsp3) is 0.292. The summed E-state index contributed by atoms with van der Waals surface area (Å²) in [5.74, 6) is -1.07. The van der Waals surface area contributed by atoms with Crippen molar-refractivity contribution in [1.29, 1.82) is 5.26 Å². The largest absolute Gasteiger partial charge is 0.333 e. The van der Waals surface area contributed by atoms with Crippen LogP contribution in [0.4, 0.5) is 14.5 Å². The Labute approximate surface area is 194 Å². The number of nitriles is 1. The molecule has 1 aromatic heterocycles. The SMILES string of the molecule is N#Cc1ccccc1NC(=O)CCCC(=O)N1CCn2c(Cc3cccc(F)c3F)nnc2C1. The fourth-order valence-electron chi connectivity index (χ4n) is 3.88. The van der Waals surface area contributed by atoms with Gasteiger partial charge < -0.3 is 14.8 Å². The van der Waals surface area contributed by atoms with Crippen LogP contribution in [0.2, 0.25) is 0 Å². The van der Waals surface area contributed by atoms with Crippen LogP contribution < -0.4 is 5.32 Å². The van der Waals surface area contributed by atoms with Crippen molar-refractivity contribution in [1.82, 2.24) is 19.7 Å². The predicted molar refractivity (Wildman–Crippen MR) is 118 cm³/mol. The Morgan fingerprint density at radius 1 is 1.06 bits per heavy atom. The number of nitrogens with one attached hydrogen (secondary N) is 1. The van der Waals surface area contributed by atoms with Crippen LogP contribution in [-0.2, 0) is 29.1 Å². The minimum atomic E-state index is -0.907. The molecule has 4 rings (SSSR count). The van der Waals surface area contributed by atoms with Crippen molar-refractivity contribution < 1.29 is 18.4 Å². The molecular weight excluding hydrogens is 442 g/mol. The van der Waals surface area contributed by atoms with E-state index in [4.69, 9.17) is 5.26 Å². The Morgan fingerprint density at radius 2 is 1.88 bits per heavy atom. The first kappa shape index (κ1) is 23.0. The molecule has 2 aromatic carbocycles. The number of carbonyl (C=O) groups is 2. The van der Waals surface area contributed by atoms with E-state index in [1.165, 1.54) is 12.1 Å². The highest BCUT2D eigenvalue weighted by Gasteiger charge is 2.25. The van der Waals surface area contributed by atoms with Gasteiger partial charge in [-0.05, 0) is 30.2 Å². The highest BCUT2D eigenvalue weighted by molar-refractivity contribution is 5.92. The van der Waals surface area contributed by atoms with Gasteiger partial charge >= 0.3 is 0 Å². The highest BCUT2D eigenvalue weighted by atomic mass is 19.2. The van der Waals surface area contributed by atoms with Crippen LogP contribution >= 0.6 is 0 Å². The number of carbonyl (C=O) groups excluding carboxylic acids is 2. The van der Waals surface area contributed by atoms with Crippen molar-refractivity contribution >= 4 is 17.5 Å². The van der Waals surface area contributed by atoms with E-state index in [0.717, 1.165) is 6.07 Å². The molecule has 0 atom stereocenters. The Hall–Kier alpha value is -4.13. The van der Waals surface area contributed by atoms with Gasteiger partial charge in [-0.1, -0.05) is 24.3 Å². The van der Waals surface area contributed by atoms with E-state index in [1.54, 1.807) is 29.2 Å². The maximum absolute atomic E-state index is 14.0. The second kappa shape index (κ2) is 10.2. The normalized spacial score (nSPS) is 12.7. The van der Waals surface area contributed by atoms with E-state index in [0.29, 0.717) is 42.4 Å². The first-order valence-corrected chi connectivity index (χ1v) is 10.9. The number of para-hydroxylation sites is 1. The second-order valence-electron chi connectivity index (χ2n) is 7.95. The lowest BCUT2D eigenvalue weighted by atomic mass is 10.1. The number of benzene rings is 2. The quantitative estimate of drug-likeness (QED) is 0.579. The van der Waals surface area contributed by atoms with Gasteiger partial charge in [0.2, 0.25) is 11.8 Å². The molecule has 0 saturated carbocycles. The smallest absolute Gasteiger partial charge is 0.224 e. The first-order valence-electron chi connectivity index (χ1n) is 10.9. The maximum atomic E-state index is 14.0. The molecular formula is C24H22F2N6O2. The zero-order valence-corrected chi connectivity index (χ0v) is 18.3. The van der Waals surface area contributed by atoms with E-state index in [-0.39, 0.29) is 43.2 Å². The third-order valence-corrected chi connectivity index (χ3v) is 5.68. The van der Waals surface area contributed by atoms with Crippen molar-refractivity contribution in [2.75, 3.05) is 11.9 Å². The zero-order chi connectivity index (χ0) is 24.1. The molecule has 174 valence electrons. The Balaban J connectivity index is 1.28. The van der Waals surface area contributed by atoms with Crippen LogP contribution in [0.15, 0.2) is 42.5 Å². The van der Waals surface area contributed by atoms with Crippen LogP contribution in [0.25, 0.3) is 0 Å². The summed E-state index contributed by atoms with van der Waals surface area (Å²) < 4.78 is 29.3. The number of anilines is 1. The van der Waals surface area contributed by atoms with Crippen molar-refractivity contribution in [2.45, 2.75) is 38.8 Å². The molecule has 0 unspecified atom stereocenters. The molecule has 1 aliphatic heterocycles. The standard InChI is InChI=1S/C24H22F2N6O2/c25-18-7-3-6-16(24(18)26)13-20-29-30-21-15-31(11-12-32(20)21)23(34)10-4-9-22(33)28-19-8-2-1-5-17(19)14-27/h1-3,5-8H,4,9-13,15H2,(H,28,33). The van der Waals surface area contributed by atoms with Crippen molar-refractivity contribution in [3.8, 4) is 6.07 Å². The summed E-state index contributed by atoms with van der Waals surface area (Å²) >= 11 is 0. The number of rotatable bonds is 7. The van der Waals surface area contributed by atoms with Gasteiger partial charge in [0, 0.05) is 32.4 Å². The lowest BCUT2D eigenvalue weighted by Gasteiger charge is -2.28. The van der Waals surface area contributed by atoms with Gasteiger partial charge in [0.05, 0.1) is 17.8 Å². The second-order valence-corrected chi connectivity index (χ2v) is 7.95. The van der Waals surface area contributed by atoms with Crippen LogP contribution in [0.5, 0.6) is 0 Å². The summed E-state index contributed by atoms with van der Waals surface area (Å²) in [4.78, 5) is 26.5. The molecule has 0 spiro atoms. The minimum Gasteiger partial charge on any atom is -0.333 e. The lowest BCUT2D eigenvalue weighted by Crippen LogP contribution is -2.38. The summed E-state index contributed by atoms with van der Waals surface area (Å²) in [6, 6.07) is 12.8. The zero-order valence-electron chi connectivity index (χ0n) is 18.3. The predicted octanol–water partition coefficient (Wildman–Crippen LogP) is 3.17. The molecule has 1 aliphatic rings. The molecule has 0 aliphatic carbocycles.